The third-order valence-electron chi connectivity index (χ3n) is 7.71. The van der Waals surface area contributed by atoms with Crippen molar-refractivity contribution in [3.8, 4) is 5.75 Å². The van der Waals surface area contributed by atoms with E-state index in [0.29, 0.717) is 25.2 Å². The molecule has 0 bridgehead atoms. The van der Waals surface area contributed by atoms with Crippen molar-refractivity contribution in [2.75, 3.05) is 19.5 Å². The van der Waals surface area contributed by atoms with Crippen LogP contribution in [0.1, 0.15) is 50.2 Å². The molecule has 4 rings (SSSR count). The van der Waals surface area contributed by atoms with Crippen molar-refractivity contribution in [1.29, 1.82) is 0 Å². The number of hydrogen-bond donors (Lipinski definition) is 2. The molecule has 3 atom stereocenters. The van der Waals surface area contributed by atoms with Crippen LogP contribution in [0.4, 0.5) is 4.79 Å². The molecular formula is C29H40N2O7S. The molecule has 39 heavy (non-hydrogen) atoms. The maximum Gasteiger partial charge on any atom is 0.407 e. The topological polar surface area (TPSA) is 114 Å². The second kappa shape index (κ2) is 13.6. The molecule has 1 aliphatic heterocycles. The van der Waals surface area contributed by atoms with Crippen LogP contribution in [0, 0.1) is 0 Å². The number of nitrogens with zero attached hydrogens (tertiary/aromatic N) is 1. The van der Waals surface area contributed by atoms with Gasteiger partial charge in [-0.05, 0) is 68.7 Å². The van der Waals surface area contributed by atoms with Gasteiger partial charge in [-0.3, -0.25) is 4.90 Å². The van der Waals surface area contributed by atoms with Gasteiger partial charge in [0.25, 0.3) is 0 Å². The van der Waals surface area contributed by atoms with Gasteiger partial charge < -0.3 is 19.3 Å². The first-order chi connectivity index (χ1) is 18.7. The summed E-state index contributed by atoms with van der Waals surface area (Å²) >= 11 is 0. The zero-order chi connectivity index (χ0) is 27.8. The average molecular weight is 561 g/mol. The van der Waals surface area contributed by atoms with Crippen LogP contribution in [-0.2, 0) is 32.5 Å². The summed E-state index contributed by atoms with van der Waals surface area (Å²) in [7, 11) is -2.05. The third-order valence-corrected chi connectivity index (χ3v) is 9.12. The summed E-state index contributed by atoms with van der Waals surface area (Å²) in [6.07, 6.45) is 3.28. The van der Waals surface area contributed by atoms with E-state index in [2.05, 4.69) is 16.9 Å². The molecule has 214 valence electrons. The second-order valence-electron chi connectivity index (χ2n) is 10.5. The Kier molecular flexibility index (Phi) is 10.2. The highest BCUT2D eigenvalue weighted by molar-refractivity contribution is 7.89. The lowest BCUT2D eigenvalue weighted by Gasteiger charge is -2.32. The quantitative estimate of drug-likeness (QED) is 0.400. The van der Waals surface area contributed by atoms with Crippen molar-refractivity contribution in [1.82, 2.24) is 9.62 Å². The molecule has 1 saturated carbocycles. The Bertz CT molecular complexity index is 1150. The summed E-state index contributed by atoms with van der Waals surface area (Å²) in [6, 6.07) is 15.9. The smallest absolute Gasteiger partial charge is 0.407 e. The van der Waals surface area contributed by atoms with Crippen LogP contribution in [0.2, 0.25) is 0 Å². The lowest BCUT2D eigenvalue weighted by molar-refractivity contribution is -0.0480. The maximum atomic E-state index is 13.0. The van der Waals surface area contributed by atoms with E-state index in [0.717, 1.165) is 36.8 Å². The monoisotopic (exact) mass is 560 g/mol. The molecule has 2 fully saturated rings. The summed E-state index contributed by atoms with van der Waals surface area (Å²) in [5, 5.41) is 9.86. The Morgan fingerprint density at radius 1 is 0.974 bits per heavy atom. The second-order valence-corrected chi connectivity index (χ2v) is 12.4. The highest BCUT2D eigenvalue weighted by Crippen LogP contribution is 2.29. The van der Waals surface area contributed by atoms with Gasteiger partial charge in [0.15, 0.2) is 0 Å². The molecule has 1 saturated heterocycles. The molecule has 1 heterocycles. The van der Waals surface area contributed by atoms with E-state index in [9.17, 15) is 18.3 Å². The predicted octanol–water partition coefficient (Wildman–Crippen LogP) is 4.21. The van der Waals surface area contributed by atoms with Crippen molar-refractivity contribution in [3.63, 3.8) is 0 Å². The normalized spacial score (nSPS) is 25.5. The average Bonchev–Trinajstić information content (AvgIpc) is 3.24. The Morgan fingerprint density at radius 3 is 2.23 bits per heavy atom. The molecule has 0 radical (unpaired) electrons. The van der Waals surface area contributed by atoms with Gasteiger partial charge in [0, 0.05) is 12.1 Å². The number of hydrogen-bond acceptors (Lipinski definition) is 6. The standard InChI is InChI=1S/C29H40N2O7S/c1-21-18-27(30-39(34,35)17-16-22-8-10-24(36-2)11-9-22)28(31(21)29(32)33)20-38-26-14-12-25(13-15-26)37-19-23-6-4-3-5-7-23/h3-11,21,25-28,30H,12-20H2,1-2H3,(H,32,33)/t21-,25?,26?,27+,28+/m1/s1. The van der Waals surface area contributed by atoms with Gasteiger partial charge in [-0.25, -0.2) is 17.9 Å². The van der Waals surface area contributed by atoms with E-state index in [4.69, 9.17) is 14.2 Å². The van der Waals surface area contributed by atoms with Crippen LogP contribution in [-0.4, -0.2) is 74.3 Å². The molecule has 2 aromatic carbocycles. The Morgan fingerprint density at radius 2 is 1.62 bits per heavy atom. The molecular weight excluding hydrogens is 520 g/mol. The fourth-order valence-electron chi connectivity index (χ4n) is 5.53. The Hall–Kier alpha value is -2.66. The number of methoxy groups -OCH3 is 1. The minimum atomic E-state index is -3.64. The van der Waals surface area contributed by atoms with Crippen LogP contribution in [0.5, 0.6) is 5.75 Å². The lowest BCUT2D eigenvalue weighted by Crippen LogP contribution is -2.50. The van der Waals surface area contributed by atoms with Gasteiger partial charge in [0.2, 0.25) is 10.0 Å². The molecule has 0 aromatic heterocycles. The molecule has 0 unspecified atom stereocenters. The summed E-state index contributed by atoms with van der Waals surface area (Å²) in [4.78, 5) is 13.4. The Labute approximate surface area is 231 Å². The highest BCUT2D eigenvalue weighted by atomic mass is 32.2. The van der Waals surface area contributed by atoms with Crippen molar-refractivity contribution < 1.29 is 32.5 Å². The highest BCUT2D eigenvalue weighted by Gasteiger charge is 2.44. The molecule has 1 aliphatic carbocycles. The molecule has 0 spiro atoms. The lowest BCUT2D eigenvalue weighted by atomic mass is 9.95. The number of carbonyl (C=O) groups is 1. The summed E-state index contributed by atoms with van der Waals surface area (Å²) in [5.74, 6) is 0.627. The largest absolute Gasteiger partial charge is 0.497 e. The van der Waals surface area contributed by atoms with E-state index >= 15 is 0 Å². The third kappa shape index (κ3) is 8.41. The molecule has 10 heteroatoms. The van der Waals surface area contributed by atoms with Gasteiger partial charge in [0.1, 0.15) is 5.75 Å². The van der Waals surface area contributed by atoms with E-state index in [-0.39, 0.29) is 30.6 Å². The van der Waals surface area contributed by atoms with E-state index in [1.165, 1.54) is 4.90 Å². The number of aryl methyl sites for hydroxylation is 1. The number of likely N-dealkylation sites (tertiary alicyclic amines) is 1. The number of rotatable bonds is 12. The van der Waals surface area contributed by atoms with Crippen LogP contribution in [0.3, 0.4) is 0 Å². The minimum Gasteiger partial charge on any atom is -0.497 e. The van der Waals surface area contributed by atoms with Crippen LogP contribution in [0.25, 0.3) is 0 Å². The van der Waals surface area contributed by atoms with Crippen molar-refractivity contribution >= 4 is 16.1 Å². The molecule has 2 aromatic rings. The van der Waals surface area contributed by atoms with Crippen molar-refractivity contribution in [2.45, 2.75) is 82.4 Å². The SMILES string of the molecule is COc1ccc(CCS(=O)(=O)N[C@H]2C[C@@H](C)N(C(=O)O)[C@H]2COC2CCC(OCc3ccccc3)CC2)cc1. The molecule has 9 nitrogen and oxygen atoms in total. The summed E-state index contributed by atoms with van der Waals surface area (Å²) < 4.78 is 46.1. The molecule has 2 aliphatic rings. The van der Waals surface area contributed by atoms with Gasteiger partial charge >= 0.3 is 6.09 Å². The fraction of sp³-hybridized carbons (Fsp3) is 0.552. The van der Waals surface area contributed by atoms with E-state index in [1.54, 1.807) is 19.2 Å². The first kappa shape index (κ1) is 29.3. The van der Waals surface area contributed by atoms with Crippen molar-refractivity contribution in [3.05, 3.63) is 65.7 Å². The van der Waals surface area contributed by atoms with Gasteiger partial charge in [-0.15, -0.1) is 0 Å². The number of benzene rings is 2. The number of amides is 1. The maximum absolute atomic E-state index is 13.0. The molecule has 2 N–H and O–H groups in total. The number of carboxylic acid groups (broad SMARTS) is 1. The first-order valence-corrected chi connectivity index (χ1v) is 15.3. The van der Waals surface area contributed by atoms with Crippen LogP contribution in [0.15, 0.2) is 54.6 Å². The fourth-order valence-corrected chi connectivity index (χ4v) is 6.87. The van der Waals surface area contributed by atoms with Gasteiger partial charge in [-0.2, -0.15) is 0 Å². The van der Waals surface area contributed by atoms with Crippen LogP contribution >= 0.6 is 0 Å². The Balaban J connectivity index is 1.28. The number of ether oxygens (including phenoxy) is 3. The summed E-state index contributed by atoms with van der Waals surface area (Å²) in [5.41, 5.74) is 2.04. The number of nitrogens with one attached hydrogen (secondary N) is 1. The zero-order valence-corrected chi connectivity index (χ0v) is 23.5. The zero-order valence-electron chi connectivity index (χ0n) is 22.7. The first-order valence-electron chi connectivity index (χ1n) is 13.7. The minimum absolute atomic E-state index is 0.000422. The van der Waals surface area contributed by atoms with E-state index in [1.807, 2.05) is 37.3 Å². The van der Waals surface area contributed by atoms with Gasteiger partial charge in [-0.1, -0.05) is 42.5 Å². The molecule has 1 amide bonds. The van der Waals surface area contributed by atoms with Crippen molar-refractivity contribution in [2.24, 2.45) is 0 Å². The predicted molar refractivity (Wildman–Crippen MR) is 148 cm³/mol. The number of sulfonamides is 1. The van der Waals surface area contributed by atoms with Gasteiger partial charge in [0.05, 0.1) is 44.3 Å². The summed E-state index contributed by atoms with van der Waals surface area (Å²) in [6.45, 7) is 2.55. The van der Waals surface area contributed by atoms with Crippen LogP contribution < -0.4 is 9.46 Å². The van der Waals surface area contributed by atoms with E-state index < -0.39 is 28.2 Å².